The van der Waals surface area contributed by atoms with Gasteiger partial charge in [0, 0.05) is 67.9 Å². The molecular formula is C35H36N6O4. The minimum Gasteiger partial charge on any atom is -0.395 e. The van der Waals surface area contributed by atoms with Gasteiger partial charge < -0.3 is 34.6 Å². The molecule has 45 heavy (non-hydrogen) atoms. The molecule has 1 saturated heterocycles. The van der Waals surface area contributed by atoms with Crippen LogP contribution in [0.25, 0.3) is 16.6 Å². The number of fused-ring (bicyclic) bond motifs is 1. The zero-order valence-corrected chi connectivity index (χ0v) is 24.9. The number of aliphatic hydroxyl groups excluding tert-OH is 2. The monoisotopic (exact) mass is 604 g/mol. The van der Waals surface area contributed by atoms with Crippen molar-refractivity contribution in [1.82, 2.24) is 9.38 Å². The van der Waals surface area contributed by atoms with Crippen LogP contribution in [-0.4, -0.2) is 83.8 Å². The number of aromatic nitrogens is 2. The predicted octanol–water partition coefficient (Wildman–Crippen LogP) is 3.94. The van der Waals surface area contributed by atoms with Gasteiger partial charge in [-0.25, -0.2) is 4.98 Å². The van der Waals surface area contributed by atoms with E-state index in [0.717, 1.165) is 54.6 Å². The highest BCUT2D eigenvalue weighted by Gasteiger charge is 2.25. The highest BCUT2D eigenvalue weighted by Crippen LogP contribution is 2.29. The lowest BCUT2D eigenvalue weighted by Crippen LogP contribution is -2.47. The zero-order valence-electron chi connectivity index (χ0n) is 24.9. The minimum atomic E-state index is -0.691. The molecule has 0 unspecified atom stereocenters. The van der Waals surface area contributed by atoms with Crippen LogP contribution in [0.5, 0.6) is 0 Å². The number of hydrogen-bond donors (Lipinski definition) is 3. The van der Waals surface area contributed by atoms with Crippen molar-refractivity contribution >= 4 is 40.2 Å². The molecule has 1 aliphatic rings. The van der Waals surface area contributed by atoms with Gasteiger partial charge in [0.05, 0.1) is 13.2 Å². The first-order chi connectivity index (χ1) is 22.1. The molecule has 0 spiro atoms. The highest BCUT2D eigenvalue weighted by atomic mass is 16.3. The molecule has 1 amide bonds. The Morgan fingerprint density at radius 2 is 1.47 bits per heavy atom. The Kier molecular flexibility index (Phi) is 9.04. The molecule has 230 valence electrons. The van der Waals surface area contributed by atoms with Crippen LogP contribution in [-0.2, 0) is 4.79 Å². The summed E-state index contributed by atoms with van der Waals surface area (Å²) in [6.07, 6.45) is 1.80. The maximum Gasteiger partial charge on any atom is 0.298 e. The third kappa shape index (κ3) is 6.52. The predicted molar refractivity (Wildman–Crippen MR) is 177 cm³/mol. The van der Waals surface area contributed by atoms with Crippen LogP contribution < -0.4 is 20.0 Å². The Morgan fingerprint density at radius 1 is 0.778 bits per heavy atom. The van der Waals surface area contributed by atoms with Gasteiger partial charge in [-0.2, -0.15) is 0 Å². The van der Waals surface area contributed by atoms with E-state index in [4.69, 9.17) is 4.98 Å². The molecular weight excluding hydrogens is 568 g/mol. The van der Waals surface area contributed by atoms with E-state index in [0.29, 0.717) is 30.0 Å². The molecule has 1 fully saturated rings. The average Bonchev–Trinajstić information content (AvgIpc) is 3.48. The van der Waals surface area contributed by atoms with Gasteiger partial charge in [0.25, 0.3) is 11.7 Å². The summed E-state index contributed by atoms with van der Waals surface area (Å²) >= 11 is 0. The number of hydrogen-bond acceptors (Lipinski definition) is 8. The van der Waals surface area contributed by atoms with Gasteiger partial charge in [-0.1, -0.05) is 42.5 Å². The van der Waals surface area contributed by atoms with E-state index in [-0.39, 0.29) is 13.2 Å². The number of Topliss-reactive ketones (excluding diaryl/α,β-unsaturated/α-hetero) is 1. The summed E-state index contributed by atoms with van der Waals surface area (Å²) in [6.45, 7) is 3.93. The third-order valence-electron chi connectivity index (χ3n) is 8.06. The van der Waals surface area contributed by atoms with Crippen LogP contribution >= 0.6 is 0 Å². The lowest BCUT2D eigenvalue weighted by atomic mass is 10.0. The third-order valence-corrected chi connectivity index (χ3v) is 8.06. The molecule has 5 aromatic rings. The summed E-state index contributed by atoms with van der Waals surface area (Å²) in [6, 6.07) is 30.6. The van der Waals surface area contributed by atoms with Crippen LogP contribution in [0.3, 0.4) is 0 Å². The molecule has 10 nitrogen and oxygen atoms in total. The van der Waals surface area contributed by atoms with Crippen molar-refractivity contribution < 1.29 is 19.8 Å². The SMILES string of the molecule is O=C(Nc1ccc(N2CCN(c3cccc(N(CCO)CCO)n3)CC2)cc1)C(=O)c1c(-c2ccccc2)cc2ccccn12. The molecule has 0 atom stereocenters. The largest absolute Gasteiger partial charge is 0.395 e. The van der Waals surface area contributed by atoms with E-state index in [2.05, 4.69) is 15.1 Å². The molecule has 4 heterocycles. The summed E-state index contributed by atoms with van der Waals surface area (Å²) in [7, 11) is 0. The van der Waals surface area contributed by atoms with Gasteiger partial charge in [0.15, 0.2) is 0 Å². The second-order valence-corrected chi connectivity index (χ2v) is 10.9. The lowest BCUT2D eigenvalue weighted by Gasteiger charge is -2.37. The molecule has 3 N–H and O–H groups in total. The molecule has 0 bridgehead atoms. The molecule has 3 aromatic heterocycles. The van der Waals surface area contributed by atoms with Crippen molar-refractivity contribution in [2.45, 2.75) is 0 Å². The van der Waals surface area contributed by atoms with Gasteiger partial charge in [0.2, 0.25) is 0 Å². The van der Waals surface area contributed by atoms with Crippen LogP contribution in [0.2, 0.25) is 0 Å². The number of nitrogens with zero attached hydrogens (tertiary/aromatic N) is 5. The first-order valence-electron chi connectivity index (χ1n) is 15.1. The highest BCUT2D eigenvalue weighted by molar-refractivity contribution is 6.47. The normalized spacial score (nSPS) is 13.2. The van der Waals surface area contributed by atoms with E-state index in [1.807, 2.05) is 102 Å². The Hall–Kier alpha value is -5.19. The molecule has 0 saturated carbocycles. The lowest BCUT2D eigenvalue weighted by molar-refractivity contribution is -0.112. The average molecular weight is 605 g/mol. The number of ketones is 1. The number of piperazine rings is 1. The van der Waals surface area contributed by atoms with Crippen LogP contribution in [0, 0.1) is 0 Å². The number of carbonyl (C=O) groups excluding carboxylic acids is 2. The molecule has 0 aliphatic carbocycles. The Balaban J connectivity index is 1.10. The number of anilines is 4. The van der Waals surface area contributed by atoms with Crippen molar-refractivity contribution in [1.29, 1.82) is 0 Å². The molecule has 0 radical (unpaired) electrons. The summed E-state index contributed by atoms with van der Waals surface area (Å²) < 4.78 is 1.76. The van der Waals surface area contributed by atoms with Crippen molar-refractivity contribution in [3.63, 3.8) is 0 Å². The maximum atomic E-state index is 13.5. The fourth-order valence-electron chi connectivity index (χ4n) is 5.78. The van der Waals surface area contributed by atoms with Crippen LogP contribution in [0.1, 0.15) is 10.5 Å². The van der Waals surface area contributed by atoms with E-state index in [1.165, 1.54) is 0 Å². The quantitative estimate of drug-likeness (QED) is 0.154. The first-order valence-corrected chi connectivity index (χ1v) is 15.1. The Morgan fingerprint density at radius 3 is 2.18 bits per heavy atom. The molecule has 6 rings (SSSR count). The topological polar surface area (TPSA) is 114 Å². The maximum absolute atomic E-state index is 13.5. The van der Waals surface area contributed by atoms with Gasteiger partial charge in [0.1, 0.15) is 17.3 Å². The van der Waals surface area contributed by atoms with Crippen molar-refractivity contribution in [2.24, 2.45) is 0 Å². The number of nitrogens with one attached hydrogen (secondary N) is 1. The fourth-order valence-corrected chi connectivity index (χ4v) is 5.78. The van der Waals surface area contributed by atoms with Crippen molar-refractivity contribution in [2.75, 3.05) is 72.5 Å². The molecule has 2 aromatic carbocycles. The number of rotatable bonds is 11. The second-order valence-electron chi connectivity index (χ2n) is 10.9. The Bertz CT molecular complexity index is 1760. The summed E-state index contributed by atoms with van der Waals surface area (Å²) in [5.74, 6) is 0.301. The first kappa shape index (κ1) is 29.9. The van der Waals surface area contributed by atoms with Crippen molar-refractivity contribution in [3.05, 3.63) is 109 Å². The standard InChI is InChI=1S/C35H36N6O4/c42-23-21-40(22-24-43)32-11-6-10-31(37-32)39-19-17-38(18-20-39)28-14-12-27(13-15-28)36-35(45)34(44)33-30(26-7-2-1-3-8-26)25-29-9-4-5-16-41(29)33/h1-16,25,42-43H,17-24H2,(H,36,45). The van der Waals surface area contributed by atoms with Gasteiger partial charge in [-0.3, -0.25) is 9.59 Å². The van der Waals surface area contributed by atoms with E-state index >= 15 is 0 Å². The molecule has 10 heteroatoms. The smallest absolute Gasteiger partial charge is 0.298 e. The summed E-state index contributed by atoms with van der Waals surface area (Å²) in [4.78, 5) is 37.9. The van der Waals surface area contributed by atoms with Gasteiger partial charge in [-0.05, 0) is 60.2 Å². The van der Waals surface area contributed by atoms with Crippen molar-refractivity contribution in [3.8, 4) is 11.1 Å². The van der Waals surface area contributed by atoms with E-state index in [9.17, 15) is 19.8 Å². The van der Waals surface area contributed by atoms with Gasteiger partial charge in [-0.15, -0.1) is 0 Å². The number of amides is 1. The number of pyridine rings is 2. The minimum absolute atomic E-state index is 0.0109. The Labute approximate surface area is 261 Å². The summed E-state index contributed by atoms with van der Waals surface area (Å²) in [5.41, 5.74) is 4.33. The fraction of sp³-hybridized carbons (Fsp3) is 0.229. The van der Waals surface area contributed by atoms with Crippen LogP contribution in [0.4, 0.5) is 23.0 Å². The number of benzene rings is 2. The number of carbonyl (C=O) groups is 2. The van der Waals surface area contributed by atoms with Gasteiger partial charge >= 0.3 is 0 Å². The van der Waals surface area contributed by atoms with E-state index in [1.54, 1.807) is 10.6 Å². The second kappa shape index (κ2) is 13.6. The van der Waals surface area contributed by atoms with Crippen LogP contribution in [0.15, 0.2) is 103 Å². The summed E-state index contributed by atoms with van der Waals surface area (Å²) in [5, 5.41) is 21.6. The molecule has 1 aliphatic heterocycles. The zero-order chi connectivity index (χ0) is 31.2. The van der Waals surface area contributed by atoms with E-state index < -0.39 is 11.7 Å². The number of aliphatic hydroxyl groups is 2.